The molecule has 1 N–H and O–H groups in total. The number of amides is 2. The first-order valence-corrected chi connectivity index (χ1v) is 14.0. The van der Waals surface area contributed by atoms with Crippen molar-refractivity contribution in [3.8, 4) is 0 Å². The van der Waals surface area contributed by atoms with E-state index in [0.29, 0.717) is 28.8 Å². The third kappa shape index (κ3) is 8.88. The number of nitrogens with zero attached hydrogens (tertiary/aromatic N) is 1. The van der Waals surface area contributed by atoms with Crippen molar-refractivity contribution < 1.29 is 9.59 Å². The summed E-state index contributed by atoms with van der Waals surface area (Å²) in [6.07, 6.45) is 1.24. The molecule has 0 aliphatic carbocycles. The Morgan fingerprint density at radius 3 is 2.25 bits per heavy atom. The van der Waals surface area contributed by atoms with E-state index in [4.69, 9.17) is 23.2 Å². The van der Waals surface area contributed by atoms with E-state index in [1.807, 2.05) is 86.6 Å². The summed E-state index contributed by atoms with van der Waals surface area (Å²) in [4.78, 5) is 28.8. The number of nitrogens with one attached hydrogen (secondary N) is 1. The standard InChI is InChI=1S/C29H32Cl2N2O2S/c1-3-21(2)32-29(35)27(17-22-8-5-4-6-9-22)33(18-24-10-7-11-26(31)16-24)28(34)20-36-19-23-12-14-25(30)15-13-23/h4-16,21,27H,3,17-20H2,1-2H3,(H,32,35). The highest BCUT2D eigenvalue weighted by Crippen LogP contribution is 2.21. The predicted molar refractivity (Wildman–Crippen MR) is 151 cm³/mol. The maximum atomic E-state index is 13.6. The van der Waals surface area contributed by atoms with Gasteiger partial charge in [0, 0.05) is 34.8 Å². The van der Waals surface area contributed by atoms with Crippen molar-refractivity contribution in [3.63, 3.8) is 0 Å². The summed E-state index contributed by atoms with van der Waals surface area (Å²) in [7, 11) is 0. The van der Waals surface area contributed by atoms with E-state index in [2.05, 4.69) is 5.32 Å². The second-order valence-electron chi connectivity index (χ2n) is 8.79. The van der Waals surface area contributed by atoms with Crippen LogP contribution in [-0.2, 0) is 28.3 Å². The predicted octanol–water partition coefficient (Wildman–Crippen LogP) is 6.78. The lowest BCUT2D eigenvalue weighted by molar-refractivity contribution is -0.139. The molecule has 0 aliphatic rings. The van der Waals surface area contributed by atoms with Gasteiger partial charge < -0.3 is 10.2 Å². The van der Waals surface area contributed by atoms with Gasteiger partial charge in [0.15, 0.2) is 0 Å². The highest BCUT2D eigenvalue weighted by Gasteiger charge is 2.30. The fraction of sp³-hybridized carbons (Fsp3) is 0.310. The largest absolute Gasteiger partial charge is 0.352 e. The Labute approximate surface area is 228 Å². The number of rotatable bonds is 12. The number of carbonyl (C=O) groups excluding carboxylic acids is 2. The molecule has 2 amide bonds. The fourth-order valence-corrected chi connectivity index (χ4v) is 4.96. The van der Waals surface area contributed by atoms with Crippen molar-refractivity contribution in [2.24, 2.45) is 0 Å². The zero-order chi connectivity index (χ0) is 25.9. The van der Waals surface area contributed by atoms with Crippen LogP contribution in [0.15, 0.2) is 78.9 Å². The molecule has 0 saturated heterocycles. The minimum Gasteiger partial charge on any atom is -0.352 e. The van der Waals surface area contributed by atoms with Crippen LogP contribution in [0.4, 0.5) is 0 Å². The molecule has 0 aliphatic heterocycles. The lowest BCUT2D eigenvalue weighted by atomic mass is 10.0. The SMILES string of the molecule is CCC(C)NC(=O)C(Cc1ccccc1)N(Cc1cccc(Cl)c1)C(=O)CSCc1ccc(Cl)cc1. The Morgan fingerprint density at radius 1 is 0.889 bits per heavy atom. The van der Waals surface area contributed by atoms with Gasteiger partial charge in [-0.1, -0.05) is 84.7 Å². The summed E-state index contributed by atoms with van der Waals surface area (Å²) < 4.78 is 0. The van der Waals surface area contributed by atoms with Crippen molar-refractivity contribution in [2.45, 2.75) is 51.1 Å². The minimum atomic E-state index is -0.649. The molecular weight excluding hydrogens is 511 g/mol. The summed E-state index contributed by atoms with van der Waals surface area (Å²) in [5.74, 6) is 0.696. The van der Waals surface area contributed by atoms with Crippen molar-refractivity contribution >= 4 is 46.8 Å². The van der Waals surface area contributed by atoms with Gasteiger partial charge in [-0.15, -0.1) is 11.8 Å². The zero-order valence-electron chi connectivity index (χ0n) is 20.6. The van der Waals surface area contributed by atoms with Gasteiger partial charge in [-0.25, -0.2) is 0 Å². The number of thioether (sulfide) groups is 1. The number of hydrogen-bond acceptors (Lipinski definition) is 3. The van der Waals surface area contributed by atoms with Crippen molar-refractivity contribution in [3.05, 3.63) is 106 Å². The lowest BCUT2D eigenvalue weighted by Crippen LogP contribution is -2.52. The fourth-order valence-electron chi connectivity index (χ4n) is 3.75. The highest BCUT2D eigenvalue weighted by atomic mass is 35.5. The molecular formula is C29H32Cl2N2O2S. The van der Waals surface area contributed by atoms with Gasteiger partial charge in [0.25, 0.3) is 0 Å². The molecule has 3 rings (SSSR count). The van der Waals surface area contributed by atoms with Crippen LogP contribution in [0.3, 0.4) is 0 Å². The molecule has 4 nitrogen and oxygen atoms in total. The smallest absolute Gasteiger partial charge is 0.243 e. The van der Waals surface area contributed by atoms with Gasteiger partial charge in [0.2, 0.25) is 11.8 Å². The molecule has 0 spiro atoms. The molecule has 0 heterocycles. The van der Waals surface area contributed by atoms with Crippen LogP contribution in [0.5, 0.6) is 0 Å². The Morgan fingerprint density at radius 2 is 1.58 bits per heavy atom. The molecule has 0 fully saturated rings. The Kier molecular flexibility index (Phi) is 11.2. The van der Waals surface area contributed by atoms with Gasteiger partial charge in [0.1, 0.15) is 6.04 Å². The molecule has 3 aromatic carbocycles. The first-order chi connectivity index (χ1) is 17.4. The van der Waals surface area contributed by atoms with Gasteiger partial charge in [0.05, 0.1) is 5.75 Å². The van der Waals surface area contributed by atoms with Crippen LogP contribution in [-0.4, -0.2) is 34.6 Å². The Bertz CT molecular complexity index is 1130. The van der Waals surface area contributed by atoms with Gasteiger partial charge >= 0.3 is 0 Å². The van der Waals surface area contributed by atoms with Crippen LogP contribution < -0.4 is 5.32 Å². The van der Waals surface area contributed by atoms with E-state index in [-0.39, 0.29) is 23.6 Å². The summed E-state index contributed by atoms with van der Waals surface area (Å²) in [6, 6.07) is 24.2. The van der Waals surface area contributed by atoms with E-state index in [0.717, 1.165) is 23.1 Å². The van der Waals surface area contributed by atoms with E-state index in [1.54, 1.807) is 11.0 Å². The molecule has 36 heavy (non-hydrogen) atoms. The second-order valence-corrected chi connectivity index (χ2v) is 10.7. The molecule has 190 valence electrons. The topological polar surface area (TPSA) is 49.4 Å². The third-order valence-corrected chi connectivity index (χ3v) is 7.40. The maximum Gasteiger partial charge on any atom is 0.243 e. The van der Waals surface area contributed by atoms with Gasteiger partial charge in [-0.3, -0.25) is 9.59 Å². The molecule has 2 unspecified atom stereocenters. The second kappa shape index (κ2) is 14.3. The van der Waals surface area contributed by atoms with Gasteiger partial charge in [-0.05, 0) is 54.3 Å². The highest BCUT2D eigenvalue weighted by molar-refractivity contribution is 7.99. The van der Waals surface area contributed by atoms with E-state index in [9.17, 15) is 9.59 Å². The van der Waals surface area contributed by atoms with Crippen molar-refractivity contribution in [2.75, 3.05) is 5.75 Å². The molecule has 0 saturated carbocycles. The summed E-state index contributed by atoms with van der Waals surface area (Å²) in [6.45, 7) is 4.30. The van der Waals surface area contributed by atoms with Crippen LogP contribution in [0.2, 0.25) is 10.0 Å². The van der Waals surface area contributed by atoms with Crippen LogP contribution in [0.25, 0.3) is 0 Å². The van der Waals surface area contributed by atoms with E-state index >= 15 is 0 Å². The van der Waals surface area contributed by atoms with Crippen molar-refractivity contribution in [1.29, 1.82) is 0 Å². The summed E-state index contributed by atoms with van der Waals surface area (Å²) in [5.41, 5.74) is 2.97. The molecule has 0 radical (unpaired) electrons. The van der Waals surface area contributed by atoms with Crippen LogP contribution >= 0.6 is 35.0 Å². The maximum absolute atomic E-state index is 13.6. The molecule has 3 aromatic rings. The zero-order valence-corrected chi connectivity index (χ0v) is 23.0. The van der Waals surface area contributed by atoms with Crippen molar-refractivity contribution in [1.82, 2.24) is 10.2 Å². The average molecular weight is 544 g/mol. The monoisotopic (exact) mass is 542 g/mol. The van der Waals surface area contributed by atoms with E-state index < -0.39 is 6.04 Å². The first kappa shape index (κ1) is 28.1. The number of hydrogen-bond donors (Lipinski definition) is 1. The lowest BCUT2D eigenvalue weighted by Gasteiger charge is -2.32. The van der Waals surface area contributed by atoms with Crippen LogP contribution in [0, 0.1) is 0 Å². The first-order valence-electron chi connectivity index (χ1n) is 12.1. The van der Waals surface area contributed by atoms with E-state index in [1.165, 1.54) is 11.8 Å². The third-order valence-electron chi connectivity index (χ3n) is 5.92. The quantitative estimate of drug-likeness (QED) is 0.274. The number of benzene rings is 3. The Hall–Kier alpha value is -2.47. The Balaban J connectivity index is 1.85. The molecule has 0 bridgehead atoms. The van der Waals surface area contributed by atoms with Gasteiger partial charge in [-0.2, -0.15) is 0 Å². The summed E-state index contributed by atoms with van der Waals surface area (Å²) >= 11 is 13.7. The molecule has 2 atom stereocenters. The molecule has 7 heteroatoms. The summed E-state index contributed by atoms with van der Waals surface area (Å²) in [5, 5.41) is 4.37. The number of carbonyl (C=O) groups is 2. The van der Waals surface area contributed by atoms with Crippen LogP contribution in [0.1, 0.15) is 37.0 Å². The number of halogens is 2. The average Bonchev–Trinajstić information content (AvgIpc) is 2.87. The normalized spacial score (nSPS) is 12.6. The molecule has 0 aromatic heterocycles. The minimum absolute atomic E-state index is 0.0122.